The fourth-order valence-corrected chi connectivity index (χ4v) is 3.48. The van der Waals surface area contributed by atoms with E-state index in [1.54, 1.807) is 0 Å². The summed E-state index contributed by atoms with van der Waals surface area (Å²) in [4.78, 5) is 4.74. The highest BCUT2D eigenvalue weighted by molar-refractivity contribution is 7.80. The van der Waals surface area contributed by atoms with Gasteiger partial charge in [-0.1, -0.05) is 60.2 Å². The van der Waals surface area contributed by atoms with Gasteiger partial charge in [0.25, 0.3) is 0 Å². The Bertz CT molecular complexity index is 762. The van der Waals surface area contributed by atoms with Crippen LogP contribution in [0.25, 0.3) is 6.08 Å². The average molecular weight is 366 g/mol. The quantitative estimate of drug-likeness (QED) is 0.813. The summed E-state index contributed by atoms with van der Waals surface area (Å²) in [6, 6.07) is 16.9. The van der Waals surface area contributed by atoms with Crippen molar-refractivity contribution in [2.45, 2.75) is 13.8 Å². The first-order valence-corrected chi connectivity index (χ1v) is 9.60. The molecule has 0 aliphatic carbocycles. The summed E-state index contributed by atoms with van der Waals surface area (Å²) in [5.41, 5.74) is 4.87. The Morgan fingerprint density at radius 3 is 2.46 bits per heavy atom. The molecule has 1 saturated heterocycles. The molecule has 3 nitrogen and oxygen atoms in total. The molecule has 0 unspecified atom stereocenters. The molecule has 1 aliphatic rings. The summed E-state index contributed by atoms with van der Waals surface area (Å²) in [6.45, 7) is 9.23. The van der Waals surface area contributed by atoms with Crippen LogP contribution in [0.4, 0.5) is 5.69 Å². The van der Waals surface area contributed by atoms with Crippen LogP contribution in [-0.4, -0.2) is 47.6 Å². The molecule has 136 valence electrons. The van der Waals surface area contributed by atoms with Crippen molar-refractivity contribution in [3.05, 3.63) is 71.3 Å². The van der Waals surface area contributed by atoms with Gasteiger partial charge in [0.1, 0.15) is 0 Å². The van der Waals surface area contributed by atoms with Crippen molar-refractivity contribution in [2.75, 3.05) is 38.0 Å². The number of aryl methyl sites for hydroxylation is 2. The van der Waals surface area contributed by atoms with Crippen LogP contribution in [0.3, 0.4) is 0 Å². The Kier molecular flexibility index (Phi) is 6.42. The predicted octanol–water partition coefficient (Wildman–Crippen LogP) is 4.33. The van der Waals surface area contributed by atoms with Crippen molar-refractivity contribution < 1.29 is 0 Å². The largest absolute Gasteiger partial charge is 0.346 e. The number of rotatable bonds is 4. The second kappa shape index (κ2) is 8.97. The lowest BCUT2D eigenvalue weighted by Crippen LogP contribution is -2.49. The van der Waals surface area contributed by atoms with Gasteiger partial charge < -0.3 is 10.2 Å². The second-order valence-electron chi connectivity index (χ2n) is 6.85. The molecule has 4 heteroatoms. The van der Waals surface area contributed by atoms with Crippen LogP contribution in [0, 0.1) is 13.8 Å². The van der Waals surface area contributed by atoms with E-state index in [1.807, 2.05) is 6.07 Å². The van der Waals surface area contributed by atoms with Crippen molar-refractivity contribution in [3.8, 4) is 0 Å². The lowest BCUT2D eigenvalue weighted by atomic mass is 10.1. The van der Waals surface area contributed by atoms with E-state index in [2.05, 4.69) is 83.6 Å². The highest BCUT2D eigenvalue weighted by Crippen LogP contribution is 2.17. The Morgan fingerprint density at radius 2 is 1.77 bits per heavy atom. The zero-order valence-corrected chi connectivity index (χ0v) is 16.4. The Hall–Kier alpha value is -2.17. The van der Waals surface area contributed by atoms with E-state index in [-0.39, 0.29) is 0 Å². The first-order chi connectivity index (χ1) is 12.6. The molecule has 0 spiro atoms. The Labute approximate surface area is 162 Å². The van der Waals surface area contributed by atoms with Gasteiger partial charge in [0.05, 0.1) is 0 Å². The van der Waals surface area contributed by atoms with Gasteiger partial charge >= 0.3 is 0 Å². The van der Waals surface area contributed by atoms with E-state index in [9.17, 15) is 0 Å². The van der Waals surface area contributed by atoms with E-state index in [4.69, 9.17) is 12.2 Å². The van der Waals surface area contributed by atoms with Gasteiger partial charge in [-0.15, -0.1) is 0 Å². The molecular formula is C22H27N3S. The van der Waals surface area contributed by atoms with Crippen molar-refractivity contribution in [1.82, 2.24) is 9.80 Å². The Balaban J connectivity index is 1.45. The lowest BCUT2D eigenvalue weighted by Gasteiger charge is -2.35. The first kappa shape index (κ1) is 18.6. The van der Waals surface area contributed by atoms with Gasteiger partial charge in [0.2, 0.25) is 0 Å². The molecule has 1 N–H and O–H groups in total. The fraction of sp³-hybridized carbons (Fsp3) is 0.318. The summed E-state index contributed by atoms with van der Waals surface area (Å²) >= 11 is 5.62. The van der Waals surface area contributed by atoms with Gasteiger partial charge in [0.15, 0.2) is 5.11 Å². The van der Waals surface area contributed by atoms with Crippen LogP contribution >= 0.6 is 12.2 Å². The number of hydrogen-bond acceptors (Lipinski definition) is 2. The second-order valence-corrected chi connectivity index (χ2v) is 7.24. The summed E-state index contributed by atoms with van der Waals surface area (Å²) < 4.78 is 0. The van der Waals surface area contributed by atoms with Gasteiger partial charge in [-0.3, -0.25) is 4.90 Å². The minimum atomic E-state index is 0.830. The predicted molar refractivity (Wildman–Crippen MR) is 116 cm³/mol. The van der Waals surface area contributed by atoms with Gasteiger partial charge in [-0.05, 0) is 43.3 Å². The molecule has 26 heavy (non-hydrogen) atoms. The molecule has 0 atom stereocenters. The third kappa shape index (κ3) is 5.16. The summed E-state index contributed by atoms with van der Waals surface area (Å²) in [5, 5.41) is 4.24. The number of anilines is 1. The van der Waals surface area contributed by atoms with E-state index in [0.717, 1.165) is 43.5 Å². The minimum absolute atomic E-state index is 0.830. The van der Waals surface area contributed by atoms with Crippen molar-refractivity contribution >= 4 is 29.1 Å². The molecule has 0 amide bonds. The molecular weight excluding hydrogens is 338 g/mol. The summed E-state index contributed by atoms with van der Waals surface area (Å²) in [7, 11) is 0. The number of piperazine rings is 1. The van der Waals surface area contributed by atoms with E-state index >= 15 is 0 Å². The fourth-order valence-electron chi connectivity index (χ4n) is 3.18. The van der Waals surface area contributed by atoms with Crippen molar-refractivity contribution in [3.63, 3.8) is 0 Å². The van der Waals surface area contributed by atoms with Crippen LogP contribution in [-0.2, 0) is 0 Å². The summed E-state index contributed by atoms with van der Waals surface area (Å²) in [5.74, 6) is 0. The number of hydrogen-bond donors (Lipinski definition) is 1. The van der Waals surface area contributed by atoms with Gasteiger partial charge in [-0.25, -0.2) is 0 Å². The SMILES string of the molecule is Cc1ccc(NC(=S)N2CCN(C/C=C\c3ccccc3)CC2)c(C)c1. The standard InChI is InChI=1S/C22H27N3S/c1-18-10-11-21(19(2)17-18)23-22(26)25-15-13-24(14-16-25)12-6-9-20-7-4-3-5-8-20/h3-11,17H,12-16H2,1-2H3,(H,23,26)/b9-6-. The van der Waals surface area contributed by atoms with Gasteiger partial charge in [0, 0.05) is 38.4 Å². The van der Waals surface area contributed by atoms with Crippen molar-refractivity contribution in [1.29, 1.82) is 0 Å². The van der Waals surface area contributed by atoms with E-state index < -0.39 is 0 Å². The summed E-state index contributed by atoms with van der Waals surface area (Å²) in [6.07, 6.45) is 4.44. The van der Waals surface area contributed by atoms with E-state index in [1.165, 1.54) is 16.7 Å². The molecule has 3 rings (SSSR count). The van der Waals surface area contributed by atoms with Crippen LogP contribution in [0.5, 0.6) is 0 Å². The Morgan fingerprint density at radius 1 is 1.04 bits per heavy atom. The average Bonchev–Trinajstić information content (AvgIpc) is 2.65. The zero-order valence-electron chi connectivity index (χ0n) is 15.6. The molecule has 1 aliphatic heterocycles. The first-order valence-electron chi connectivity index (χ1n) is 9.19. The number of nitrogens with zero attached hydrogens (tertiary/aromatic N) is 2. The maximum Gasteiger partial charge on any atom is 0.173 e. The topological polar surface area (TPSA) is 18.5 Å². The lowest BCUT2D eigenvalue weighted by molar-refractivity contribution is 0.200. The monoisotopic (exact) mass is 365 g/mol. The number of nitrogens with one attached hydrogen (secondary N) is 1. The maximum absolute atomic E-state index is 5.62. The van der Waals surface area contributed by atoms with Crippen LogP contribution in [0.1, 0.15) is 16.7 Å². The normalized spacial score (nSPS) is 15.4. The third-order valence-corrected chi connectivity index (χ3v) is 5.12. The van der Waals surface area contributed by atoms with E-state index in [0.29, 0.717) is 0 Å². The zero-order chi connectivity index (χ0) is 18.4. The molecule has 0 bridgehead atoms. The van der Waals surface area contributed by atoms with Crippen LogP contribution < -0.4 is 5.32 Å². The smallest absolute Gasteiger partial charge is 0.173 e. The van der Waals surface area contributed by atoms with Crippen LogP contribution in [0.2, 0.25) is 0 Å². The molecule has 1 heterocycles. The molecule has 2 aromatic carbocycles. The van der Waals surface area contributed by atoms with Crippen LogP contribution in [0.15, 0.2) is 54.6 Å². The molecule has 2 aromatic rings. The van der Waals surface area contributed by atoms with Crippen molar-refractivity contribution in [2.24, 2.45) is 0 Å². The highest BCUT2D eigenvalue weighted by atomic mass is 32.1. The molecule has 1 fully saturated rings. The van der Waals surface area contributed by atoms with Gasteiger partial charge in [-0.2, -0.15) is 0 Å². The molecule has 0 radical (unpaired) electrons. The molecule has 0 aromatic heterocycles. The molecule has 0 saturated carbocycles. The third-order valence-electron chi connectivity index (χ3n) is 4.76. The highest BCUT2D eigenvalue weighted by Gasteiger charge is 2.18. The maximum atomic E-state index is 5.62. The number of thiocarbonyl (C=S) groups is 1. The number of benzene rings is 2. The minimum Gasteiger partial charge on any atom is -0.346 e.